The van der Waals surface area contributed by atoms with Gasteiger partial charge in [0.15, 0.2) is 0 Å². The molecule has 0 N–H and O–H groups in total. The first-order valence-electron chi connectivity index (χ1n) is 14.6. The molecular formula is C30H48F4. The van der Waals surface area contributed by atoms with Crippen molar-refractivity contribution in [3.63, 3.8) is 0 Å². The highest BCUT2D eigenvalue weighted by Gasteiger charge is 2.44. The molecule has 4 aliphatic rings. The Bertz CT molecular complexity index is 634. The summed E-state index contributed by atoms with van der Waals surface area (Å²) in [6, 6.07) is 0. The Morgan fingerprint density at radius 2 is 1.15 bits per heavy atom. The van der Waals surface area contributed by atoms with Crippen molar-refractivity contribution in [2.24, 2.45) is 47.3 Å². The third-order valence-corrected chi connectivity index (χ3v) is 10.4. The van der Waals surface area contributed by atoms with Gasteiger partial charge in [-0.2, -0.15) is 0 Å². The van der Waals surface area contributed by atoms with Gasteiger partial charge in [-0.15, -0.1) is 0 Å². The van der Waals surface area contributed by atoms with Gasteiger partial charge in [0.1, 0.15) is 24.7 Å². The van der Waals surface area contributed by atoms with Gasteiger partial charge < -0.3 is 0 Å². The van der Waals surface area contributed by atoms with Gasteiger partial charge in [0.2, 0.25) is 0 Å². The van der Waals surface area contributed by atoms with Gasteiger partial charge in [0, 0.05) is 5.92 Å². The highest BCUT2D eigenvalue weighted by atomic mass is 19.2. The van der Waals surface area contributed by atoms with Crippen molar-refractivity contribution in [1.82, 2.24) is 0 Å². The minimum absolute atomic E-state index is 0.0937. The van der Waals surface area contributed by atoms with Crippen molar-refractivity contribution in [3.8, 4) is 0 Å². The quantitative estimate of drug-likeness (QED) is 0.260. The van der Waals surface area contributed by atoms with E-state index in [4.69, 9.17) is 0 Å². The van der Waals surface area contributed by atoms with E-state index >= 15 is 8.78 Å². The highest BCUT2D eigenvalue weighted by Crippen LogP contribution is 2.46. The van der Waals surface area contributed by atoms with Crippen LogP contribution in [0.3, 0.4) is 0 Å². The molecule has 4 unspecified atom stereocenters. The van der Waals surface area contributed by atoms with Crippen LogP contribution in [0.2, 0.25) is 0 Å². The normalized spacial score (nSPS) is 48.8. The van der Waals surface area contributed by atoms with Crippen LogP contribution in [-0.4, -0.2) is 24.7 Å². The first-order valence-corrected chi connectivity index (χ1v) is 14.6. The Morgan fingerprint density at radius 3 is 1.76 bits per heavy atom. The van der Waals surface area contributed by atoms with Crippen LogP contribution in [0.4, 0.5) is 17.6 Å². The van der Waals surface area contributed by atoms with Crippen molar-refractivity contribution < 1.29 is 17.6 Å². The van der Waals surface area contributed by atoms with E-state index in [1.807, 2.05) is 13.0 Å². The number of alkyl halides is 4. The lowest BCUT2D eigenvalue weighted by atomic mass is 9.67. The van der Waals surface area contributed by atoms with Crippen molar-refractivity contribution in [1.29, 1.82) is 0 Å². The molecule has 0 saturated heterocycles. The van der Waals surface area contributed by atoms with E-state index in [1.165, 1.54) is 25.7 Å². The average molecular weight is 485 g/mol. The summed E-state index contributed by atoms with van der Waals surface area (Å²) < 4.78 is 59.1. The third-order valence-electron chi connectivity index (χ3n) is 10.4. The van der Waals surface area contributed by atoms with Crippen molar-refractivity contribution in [2.75, 3.05) is 0 Å². The lowest BCUT2D eigenvalue weighted by molar-refractivity contribution is -0.00527. The minimum Gasteiger partial charge on any atom is -0.244 e. The van der Waals surface area contributed by atoms with E-state index < -0.39 is 24.7 Å². The fourth-order valence-electron chi connectivity index (χ4n) is 8.07. The number of hydrogen-bond acceptors (Lipinski definition) is 0. The van der Waals surface area contributed by atoms with Crippen LogP contribution in [0.15, 0.2) is 12.2 Å². The molecule has 4 fully saturated rings. The Morgan fingerprint density at radius 1 is 0.588 bits per heavy atom. The molecule has 4 rings (SSSR count). The summed E-state index contributed by atoms with van der Waals surface area (Å²) in [5, 5.41) is 0. The van der Waals surface area contributed by atoms with Crippen LogP contribution in [0.1, 0.15) is 104 Å². The molecule has 4 saturated carbocycles. The van der Waals surface area contributed by atoms with Gasteiger partial charge in [0.05, 0.1) is 0 Å². The highest BCUT2D eigenvalue weighted by molar-refractivity contribution is 5.03. The van der Waals surface area contributed by atoms with E-state index in [-0.39, 0.29) is 29.6 Å². The van der Waals surface area contributed by atoms with Crippen LogP contribution in [-0.2, 0) is 0 Å². The molecule has 4 aliphatic carbocycles. The lowest BCUT2D eigenvalue weighted by Gasteiger charge is -2.41. The summed E-state index contributed by atoms with van der Waals surface area (Å²) in [5.41, 5.74) is 0. The van der Waals surface area contributed by atoms with Crippen LogP contribution < -0.4 is 0 Å². The zero-order valence-electron chi connectivity index (χ0n) is 21.5. The molecule has 0 aromatic rings. The molecule has 0 radical (unpaired) electrons. The summed E-state index contributed by atoms with van der Waals surface area (Å²) >= 11 is 0. The van der Waals surface area contributed by atoms with Gasteiger partial charge in [-0.05, 0) is 106 Å². The second kappa shape index (κ2) is 12.1. The minimum atomic E-state index is -1.38. The van der Waals surface area contributed by atoms with Crippen LogP contribution in [0.25, 0.3) is 0 Å². The van der Waals surface area contributed by atoms with Crippen molar-refractivity contribution in [3.05, 3.63) is 12.2 Å². The van der Waals surface area contributed by atoms with E-state index in [9.17, 15) is 8.78 Å². The van der Waals surface area contributed by atoms with Gasteiger partial charge in [-0.25, -0.2) is 17.6 Å². The fourth-order valence-corrected chi connectivity index (χ4v) is 8.07. The summed E-state index contributed by atoms with van der Waals surface area (Å²) in [7, 11) is 0. The Balaban J connectivity index is 1.22. The van der Waals surface area contributed by atoms with Gasteiger partial charge >= 0.3 is 0 Å². The smallest absolute Gasteiger partial charge is 0.138 e. The molecule has 0 aromatic carbocycles. The summed E-state index contributed by atoms with van der Waals surface area (Å²) in [6.45, 7) is 4.05. The van der Waals surface area contributed by atoms with Crippen LogP contribution in [0, 0.1) is 47.3 Å². The molecule has 4 heteroatoms. The van der Waals surface area contributed by atoms with Crippen molar-refractivity contribution in [2.45, 2.75) is 128 Å². The molecule has 0 amide bonds. The molecule has 0 heterocycles. The Hall–Kier alpha value is -0.540. The molecule has 0 spiro atoms. The Labute approximate surface area is 205 Å². The standard InChI is InChI=1S/C30H48F4/c1-3-4-20-6-11-23(12-7-20)26-18-16-24(28(32)30(26)34)15-10-21-8-13-22(14-9-21)25-17-5-19(2)27(31)29(25)33/h10,15,19-30H,3-9,11-14,16-18H2,1-2H3/b15-10+/t19-,20?,21?,22?,23?,24-,25?,26?,27?,28-,29+,30?/m0/s1. The zero-order valence-corrected chi connectivity index (χ0v) is 21.5. The number of rotatable bonds is 6. The topological polar surface area (TPSA) is 0 Å². The molecular weight excluding hydrogens is 436 g/mol. The average Bonchev–Trinajstić information content (AvgIpc) is 2.85. The van der Waals surface area contributed by atoms with Crippen LogP contribution >= 0.6 is 0 Å². The molecule has 0 aliphatic heterocycles. The first-order chi connectivity index (χ1) is 16.4. The molecule has 0 nitrogen and oxygen atoms in total. The molecule has 0 bridgehead atoms. The summed E-state index contributed by atoms with van der Waals surface area (Å²) in [5.74, 6) is 1.12. The van der Waals surface area contributed by atoms with E-state index in [2.05, 4.69) is 13.0 Å². The summed E-state index contributed by atoms with van der Waals surface area (Å²) in [6.07, 6.45) is 12.8. The predicted octanol–water partition coefficient (Wildman–Crippen LogP) is 9.38. The molecule has 8 atom stereocenters. The third kappa shape index (κ3) is 6.05. The molecule has 196 valence electrons. The fraction of sp³-hybridized carbons (Fsp3) is 0.933. The number of allylic oxidation sites excluding steroid dienone is 2. The van der Waals surface area contributed by atoms with Gasteiger partial charge in [-0.1, -0.05) is 51.7 Å². The zero-order chi connectivity index (χ0) is 24.2. The number of hydrogen-bond donors (Lipinski definition) is 0. The van der Waals surface area contributed by atoms with Gasteiger partial charge in [0.25, 0.3) is 0 Å². The van der Waals surface area contributed by atoms with E-state index in [1.54, 1.807) is 0 Å². The van der Waals surface area contributed by atoms with E-state index in [0.29, 0.717) is 11.8 Å². The second-order valence-corrected chi connectivity index (χ2v) is 12.5. The largest absolute Gasteiger partial charge is 0.244 e. The maximum Gasteiger partial charge on any atom is 0.138 e. The predicted molar refractivity (Wildman–Crippen MR) is 133 cm³/mol. The second-order valence-electron chi connectivity index (χ2n) is 12.5. The first kappa shape index (κ1) is 26.5. The SMILES string of the molecule is CCCC1CCC(C2CC[C@H](/C=C/C3CCC(C4CC[C@H](C)C(F)[C@@H]4F)CC3)[C@H](F)C2F)CC1. The lowest BCUT2D eigenvalue weighted by Crippen LogP contribution is -2.41. The maximum absolute atomic E-state index is 15.2. The summed E-state index contributed by atoms with van der Waals surface area (Å²) in [4.78, 5) is 0. The van der Waals surface area contributed by atoms with Gasteiger partial charge in [-0.3, -0.25) is 0 Å². The maximum atomic E-state index is 15.2. The number of halogens is 4. The Kier molecular flexibility index (Phi) is 9.46. The molecule has 34 heavy (non-hydrogen) atoms. The van der Waals surface area contributed by atoms with Crippen molar-refractivity contribution >= 4 is 0 Å². The van der Waals surface area contributed by atoms with E-state index in [0.717, 1.165) is 70.1 Å². The van der Waals surface area contributed by atoms with Crippen LogP contribution in [0.5, 0.6) is 0 Å². The monoisotopic (exact) mass is 484 g/mol. The molecule has 0 aromatic heterocycles.